The molecule has 1 unspecified atom stereocenters. The molecule has 12 heavy (non-hydrogen) atoms. The Labute approximate surface area is 75.9 Å². The van der Waals surface area contributed by atoms with E-state index in [1.54, 1.807) is 12.3 Å². The highest BCUT2D eigenvalue weighted by molar-refractivity contribution is 8.05. The number of hydrogen-bond donors (Lipinski definition) is 1. The van der Waals surface area contributed by atoms with Crippen LogP contribution in [0.3, 0.4) is 0 Å². The first-order valence-corrected chi connectivity index (χ1v) is 3.99. The minimum Gasteiger partial charge on any atom is -0.306 e. The van der Waals surface area contributed by atoms with Crippen LogP contribution in [0.5, 0.6) is 0 Å². The molecular weight excluding hydrogens is 172 g/mol. The number of carbonyl (C=O) groups excluding carboxylic acids is 1. The smallest absolute Gasteiger partial charge is 0.190 e. The standard InChI is InChI=1S/C8H10N2OS/c1-4-7(11)8(10,6(2)3)12-5-9/h4H,1-2,10H2,3H3. The Morgan fingerprint density at radius 2 is 2.33 bits per heavy atom. The lowest BCUT2D eigenvalue weighted by molar-refractivity contribution is -0.115. The van der Waals surface area contributed by atoms with Crippen LogP contribution in [0.2, 0.25) is 0 Å². The number of nitrogens with zero attached hydrogens (tertiary/aromatic N) is 1. The molecule has 0 spiro atoms. The lowest BCUT2D eigenvalue weighted by atomic mass is 10.1. The summed E-state index contributed by atoms with van der Waals surface area (Å²) in [6, 6.07) is 0. The van der Waals surface area contributed by atoms with Crippen LogP contribution in [0, 0.1) is 10.7 Å². The van der Waals surface area contributed by atoms with Crippen molar-refractivity contribution in [3.8, 4) is 5.40 Å². The molecule has 0 aromatic rings. The summed E-state index contributed by atoms with van der Waals surface area (Å²) < 4.78 is 0. The van der Waals surface area contributed by atoms with E-state index in [2.05, 4.69) is 13.2 Å². The Bertz CT molecular complexity index is 267. The summed E-state index contributed by atoms with van der Waals surface area (Å²) in [6.45, 7) is 8.45. The molecule has 0 amide bonds. The molecule has 4 heteroatoms. The molecule has 0 aliphatic carbocycles. The lowest BCUT2D eigenvalue weighted by Crippen LogP contribution is -2.44. The van der Waals surface area contributed by atoms with E-state index in [1.807, 2.05) is 0 Å². The van der Waals surface area contributed by atoms with Crippen LogP contribution in [-0.2, 0) is 4.79 Å². The van der Waals surface area contributed by atoms with Gasteiger partial charge in [-0.1, -0.05) is 13.2 Å². The molecule has 0 aromatic heterocycles. The van der Waals surface area contributed by atoms with Gasteiger partial charge >= 0.3 is 0 Å². The van der Waals surface area contributed by atoms with Crippen LogP contribution < -0.4 is 5.73 Å². The van der Waals surface area contributed by atoms with Crippen LogP contribution >= 0.6 is 11.8 Å². The molecule has 0 heterocycles. The maximum absolute atomic E-state index is 11.2. The molecule has 2 N–H and O–H groups in total. The number of nitrogens with two attached hydrogens (primary N) is 1. The van der Waals surface area contributed by atoms with Crippen molar-refractivity contribution < 1.29 is 4.79 Å². The number of thiocyanates is 1. The molecule has 64 valence electrons. The van der Waals surface area contributed by atoms with Gasteiger partial charge in [-0.2, -0.15) is 5.26 Å². The summed E-state index contributed by atoms with van der Waals surface area (Å²) >= 11 is 0.682. The molecule has 0 bridgehead atoms. The van der Waals surface area contributed by atoms with Gasteiger partial charge in [0.2, 0.25) is 0 Å². The second-order valence-corrected chi connectivity index (χ2v) is 3.31. The van der Waals surface area contributed by atoms with Gasteiger partial charge in [0.1, 0.15) is 5.40 Å². The first kappa shape index (κ1) is 11.0. The quantitative estimate of drug-likeness (QED) is 0.307. The van der Waals surface area contributed by atoms with Crippen LogP contribution in [0.1, 0.15) is 6.92 Å². The van der Waals surface area contributed by atoms with Crippen molar-refractivity contribution >= 4 is 17.5 Å². The number of carbonyl (C=O) groups is 1. The van der Waals surface area contributed by atoms with Crippen molar-refractivity contribution in [1.82, 2.24) is 0 Å². The highest BCUT2D eigenvalue weighted by Crippen LogP contribution is 2.26. The molecule has 0 aliphatic heterocycles. The highest BCUT2D eigenvalue weighted by atomic mass is 32.2. The Balaban J connectivity index is 4.88. The predicted molar refractivity (Wildman–Crippen MR) is 50.1 cm³/mol. The van der Waals surface area contributed by atoms with Crippen LogP contribution in [0.25, 0.3) is 0 Å². The molecule has 0 aliphatic rings. The van der Waals surface area contributed by atoms with E-state index in [9.17, 15) is 4.79 Å². The number of nitriles is 1. The topological polar surface area (TPSA) is 66.9 Å². The minimum absolute atomic E-state index is 0.401. The van der Waals surface area contributed by atoms with Crippen molar-refractivity contribution in [2.45, 2.75) is 11.8 Å². The Morgan fingerprint density at radius 3 is 2.58 bits per heavy atom. The van der Waals surface area contributed by atoms with E-state index < -0.39 is 10.7 Å². The maximum atomic E-state index is 11.2. The van der Waals surface area contributed by atoms with Gasteiger partial charge < -0.3 is 5.73 Å². The maximum Gasteiger partial charge on any atom is 0.190 e. The van der Waals surface area contributed by atoms with Crippen molar-refractivity contribution in [1.29, 1.82) is 5.26 Å². The van der Waals surface area contributed by atoms with Crippen molar-refractivity contribution in [2.24, 2.45) is 5.73 Å². The van der Waals surface area contributed by atoms with E-state index in [-0.39, 0.29) is 0 Å². The fraction of sp³-hybridized carbons (Fsp3) is 0.250. The molecular formula is C8H10N2OS. The van der Waals surface area contributed by atoms with Gasteiger partial charge in [-0.15, -0.1) is 0 Å². The first-order chi connectivity index (χ1) is 5.49. The fourth-order valence-electron chi connectivity index (χ4n) is 0.571. The van der Waals surface area contributed by atoms with Crippen LogP contribution in [0.4, 0.5) is 0 Å². The van der Waals surface area contributed by atoms with E-state index in [1.165, 1.54) is 0 Å². The average Bonchev–Trinajstić information content (AvgIpc) is 2.03. The summed E-state index contributed by atoms with van der Waals surface area (Å²) in [5.41, 5.74) is 6.07. The fourth-order valence-corrected chi connectivity index (χ4v) is 1.07. The third-order valence-corrected chi connectivity index (χ3v) is 2.36. The molecule has 0 fully saturated rings. The second-order valence-electron chi connectivity index (χ2n) is 2.28. The Morgan fingerprint density at radius 1 is 1.83 bits per heavy atom. The largest absolute Gasteiger partial charge is 0.306 e. The number of ketones is 1. The summed E-state index contributed by atoms with van der Waals surface area (Å²) in [4.78, 5) is 9.85. The number of rotatable bonds is 4. The summed E-state index contributed by atoms with van der Waals surface area (Å²) in [5, 5.41) is 10.2. The van der Waals surface area contributed by atoms with E-state index in [0.29, 0.717) is 17.3 Å². The monoisotopic (exact) mass is 182 g/mol. The Kier molecular flexibility index (Phi) is 3.74. The lowest BCUT2D eigenvalue weighted by Gasteiger charge is -2.22. The molecule has 0 rings (SSSR count). The zero-order valence-electron chi connectivity index (χ0n) is 6.83. The average molecular weight is 182 g/mol. The zero-order valence-corrected chi connectivity index (χ0v) is 7.65. The third kappa shape index (κ3) is 1.97. The molecule has 0 saturated heterocycles. The zero-order chi connectivity index (χ0) is 9.78. The van der Waals surface area contributed by atoms with Crippen molar-refractivity contribution in [2.75, 3.05) is 0 Å². The highest BCUT2D eigenvalue weighted by Gasteiger charge is 2.33. The van der Waals surface area contributed by atoms with Gasteiger partial charge in [0.05, 0.1) is 0 Å². The van der Waals surface area contributed by atoms with Crippen molar-refractivity contribution in [3.63, 3.8) is 0 Å². The first-order valence-electron chi connectivity index (χ1n) is 3.18. The van der Waals surface area contributed by atoms with Gasteiger partial charge in [0, 0.05) is 0 Å². The number of thioether (sulfide) groups is 1. The molecule has 3 nitrogen and oxygen atoms in total. The van der Waals surface area contributed by atoms with Gasteiger partial charge in [-0.25, -0.2) is 0 Å². The van der Waals surface area contributed by atoms with Crippen molar-refractivity contribution in [3.05, 3.63) is 24.8 Å². The van der Waals surface area contributed by atoms with Gasteiger partial charge in [0.15, 0.2) is 10.7 Å². The van der Waals surface area contributed by atoms with Gasteiger partial charge in [-0.3, -0.25) is 4.79 Å². The van der Waals surface area contributed by atoms with Crippen LogP contribution in [-0.4, -0.2) is 10.7 Å². The molecule has 0 aromatic carbocycles. The van der Waals surface area contributed by atoms with E-state index in [0.717, 1.165) is 6.08 Å². The van der Waals surface area contributed by atoms with E-state index >= 15 is 0 Å². The summed E-state index contributed by atoms with van der Waals surface area (Å²) in [6.07, 6.45) is 1.10. The van der Waals surface area contributed by atoms with Crippen LogP contribution in [0.15, 0.2) is 24.8 Å². The predicted octanol–water partition coefficient (Wildman–Crippen LogP) is 1.19. The van der Waals surface area contributed by atoms with Gasteiger partial charge in [-0.05, 0) is 30.3 Å². The molecule has 0 radical (unpaired) electrons. The number of hydrogen-bond acceptors (Lipinski definition) is 4. The normalized spacial score (nSPS) is 14.1. The summed E-state index contributed by atoms with van der Waals surface area (Å²) in [7, 11) is 0. The third-order valence-electron chi connectivity index (χ3n) is 1.39. The summed E-state index contributed by atoms with van der Waals surface area (Å²) in [5.74, 6) is -0.401. The minimum atomic E-state index is -1.34. The molecule has 1 atom stereocenters. The molecule has 0 saturated carbocycles. The SMILES string of the molecule is C=CC(=O)C(N)(SC#N)C(=C)C. The van der Waals surface area contributed by atoms with Gasteiger partial charge in [0.25, 0.3) is 0 Å². The Hall–Kier alpha value is -1.05. The second kappa shape index (κ2) is 4.10. The van der Waals surface area contributed by atoms with E-state index in [4.69, 9.17) is 11.0 Å².